The van der Waals surface area contributed by atoms with E-state index < -0.39 is 29.0 Å². The van der Waals surface area contributed by atoms with Crippen LogP contribution in [0.2, 0.25) is 0 Å². The molecule has 2 aromatic carbocycles. The Morgan fingerprint density at radius 1 is 1.21 bits per heavy atom. The molecule has 0 heterocycles. The monoisotopic (exact) mass is 332 g/mol. The second-order valence-corrected chi connectivity index (χ2v) is 5.10. The van der Waals surface area contributed by atoms with Crippen LogP contribution in [0.5, 0.6) is 0 Å². The summed E-state index contributed by atoms with van der Waals surface area (Å²) < 4.78 is 42.0. The van der Waals surface area contributed by atoms with E-state index in [0.717, 1.165) is 6.07 Å². The number of hydrogen-bond donors (Lipinski definition) is 2. The minimum atomic E-state index is -1.33. The Balaban J connectivity index is 2.66. The maximum Gasteiger partial charge on any atom is 0.252 e. The Morgan fingerprint density at radius 2 is 1.92 bits per heavy atom. The molecule has 1 amide bonds. The molecule has 0 fully saturated rings. The molecule has 0 atom stereocenters. The number of aryl methyl sites for hydroxylation is 1. The summed E-state index contributed by atoms with van der Waals surface area (Å²) >= 11 is 0. The van der Waals surface area contributed by atoms with Crippen LogP contribution in [0.4, 0.5) is 24.5 Å². The van der Waals surface area contributed by atoms with Gasteiger partial charge in [-0.2, -0.15) is 0 Å². The Morgan fingerprint density at radius 3 is 2.50 bits per heavy atom. The van der Waals surface area contributed by atoms with Crippen LogP contribution in [0.15, 0.2) is 24.3 Å². The first-order chi connectivity index (χ1) is 11.3. The van der Waals surface area contributed by atoms with Crippen molar-refractivity contribution in [1.29, 1.82) is 0 Å². The van der Waals surface area contributed by atoms with Crippen LogP contribution in [0.25, 0.3) is 0 Å². The largest absolute Gasteiger partial charge is 0.365 e. The minimum absolute atomic E-state index is 0.0572. The molecule has 2 aromatic rings. The lowest BCUT2D eigenvalue weighted by atomic mass is 10.0. The summed E-state index contributed by atoms with van der Waals surface area (Å²) in [6.45, 7) is 3.45. The molecule has 0 aliphatic heterocycles. The number of carbonyl (C=O) groups excluding carboxylic acids is 1. The van der Waals surface area contributed by atoms with E-state index in [9.17, 15) is 18.0 Å². The van der Waals surface area contributed by atoms with Gasteiger partial charge in [-0.3, -0.25) is 4.79 Å². The Bertz CT molecular complexity index is 867. The molecule has 0 aliphatic carbocycles. The van der Waals surface area contributed by atoms with Crippen LogP contribution in [0.1, 0.15) is 34.8 Å². The van der Waals surface area contributed by atoms with E-state index in [2.05, 4.69) is 17.2 Å². The predicted molar refractivity (Wildman–Crippen MR) is 86.5 cm³/mol. The van der Waals surface area contributed by atoms with Crippen molar-refractivity contribution in [3.05, 3.63) is 58.4 Å². The maximum atomic E-state index is 14.2. The number of nitrogens with one attached hydrogen (secondary N) is 1. The Labute approximate surface area is 137 Å². The molecule has 0 bridgehead atoms. The second-order valence-electron chi connectivity index (χ2n) is 5.10. The lowest BCUT2D eigenvalue weighted by Crippen LogP contribution is -2.17. The topological polar surface area (TPSA) is 55.1 Å². The fourth-order valence-electron chi connectivity index (χ4n) is 2.14. The first-order valence-electron chi connectivity index (χ1n) is 7.19. The van der Waals surface area contributed by atoms with Crippen LogP contribution >= 0.6 is 0 Å². The summed E-state index contributed by atoms with van der Waals surface area (Å²) in [6, 6.07) is 4.97. The molecular weight excluding hydrogens is 317 g/mol. The molecule has 0 saturated heterocycles. The van der Waals surface area contributed by atoms with Crippen molar-refractivity contribution in [3.8, 4) is 11.8 Å². The van der Waals surface area contributed by atoms with Crippen LogP contribution in [-0.4, -0.2) is 5.91 Å². The zero-order valence-corrected chi connectivity index (χ0v) is 13.1. The molecule has 24 heavy (non-hydrogen) atoms. The van der Waals surface area contributed by atoms with Crippen molar-refractivity contribution in [2.75, 3.05) is 5.32 Å². The van der Waals surface area contributed by atoms with Gasteiger partial charge in [-0.1, -0.05) is 24.8 Å². The van der Waals surface area contributed by atoms with Crippen molar-refractivity contribution in [1.82, 2.24) is 0 Å². The second kappa shape index (κ2) is 7.09. The highest BCUT2D eigenvalue weighted by Crippen LogP contribution is 2.30. The SMILES string of the molecule is CCC#Cc1cc(F)c(F)c(Nc2ccc(C)cc2F)c1C(N)=O. The summed E-state index contributed by atoms with van der Waals surface area (Å²) in [5.74, 6) is 1.03. The molecule has 3 nitrogen and oxygen atoms in total. The number of carbonyl (C=O) groups is 1. The highest BCUT2D eigenvalue weighted by molar-refractivity contribution is 6.02. The zero-order chi connectivity index (χ0) is 17.9. The average molecular weight is 332 g/mol. The average Bonchev–Trinajstić information content (AvgIpc) is 2.51. The lowest BCUT2D eigenvalue weighted by Gasteiger charge is -2.14. The highest BCUT2D eigenvalue weighted by atomic mass is 19.2. The summed E-state index contributed by atoms with van der Waals surface area (Å²) in [5, 5.41) is 2.42. The first-order valence-corrected chi connectivity index (χ1v) is 7.19. The molecule has 0 aromatic heterocycles. The Kier molecular flexibility index (Phi) is 5.14. The van der Waals surface area contributed by atoms with Crippen molar-refractivity contribution in [3.63, 3.8) is 0 Å². The van der Waals surface area contributed by atoms with Crippen LogP contribution in [0, 0.1) is 36.2 Å². The smallest absolute Gasteiger partial charge is 0.252 e. The van der Waals surface area contributed by atoms with Crippen molar-refractivity contribution in [2.24, 2.45) is 5.73 Å². The molecule has 6 heteroatoms. The molecule has 0 unspecified atom stereocenters. The van der Waals surface area contributed by atoms with E-state index in [1.807, 2.05) is 0 Å². The standard InChI is InChI=1S/C18H15F3N2O/c1-3-4-5-11-9-13(20)16(21)17(15(11)18(22)24)23-14-7-6-10(2)8-12(14)19/h6-9,23H,3H2,1-2H3,(H2,22,24). The van der Waals surface area contributed by atoms with Gasteiger partial charge in [0.25, 0.3) is 5.91 Å². The molecule has 0 aliphatic rings. The number of halogens is 3. The summed E-state index contributed by atoms with van der Waals surface area (Å²) in [7, 11) is 0. The fourth-order valence-corrected chi connectivity index (χ4v) is 2.14. The fraction of sp³-hybridized carbons (Fsp3) is 0.167. The number of hydrogen-bond acceptors (Lipinski definition) is 2. The quantitative estimate of drug-likeness (QED) is 0.834. The summed E-state index contributed by atoms with van der Waals surface area (Å²) in [6.07, 6.45) is 0.451. The van der Waals surface area contributed by atoms with Crippen LogP contribution in [-0.2, 0) is 0 Å². The third-order valence-corrected chi connectivity index (χ3v) is 3.25. The van der Waals surface area contributed by atoms with Gasteiger partial charge in [-0.15, -0.1) is 0 Å². The molecular formula is C18H15F3N2O. The van der Waals surface area contributed by atoms with E-state index in [-0.39, 0.29) is 16.8 Å². The van der Waals surface area contributed by atoms with Crippen molar-refractivity contribution < 1.29 is 18.0 Å². The maximum absolute atomic E-state index is 14.2. The van der Waals surface area contributed by atoms with Gasteiger partial charge in [0.15, 0.2) is 11.6 Å². The highest BCUT2D eigenvalue weighted by Gasteiger charge is 2.22. The molecule has 124 valence electrons. The zero-order valence-electron chi connectivity index (χ0n) is 13.1. The lowest BCUT2D eigenvalue weighted by molar-refractivity contribution is 0.100. The number of primary amides is 1. The number of benzene rings is 2. The predicted octanol–water partition coefficient (Wildman–Crippen LogP) is 4.02. The van der Waals surface area contributed by atoms with E-state index in [0.29, 0.717) is 12.0 Å². The van der Waals surface area contributed by atoms with Gasteiger partial charge in [0, 0.05) is 12.0 Å². The van der Waals surface area contributed by atoms with Gasteiger partial charge >= 0.3 is 0 Å². The van der Waals surface area contributed by atoms with E-state index in [1.165, 1.54) is 12.1 Å². The van der Waals surface area contributed by atoms with E-state index in [1.54, 1.807) is 19.9 Å². The van der Waals surface area contributed by atoms with Crippen molar-refractivity contribution in [2.45, 2.75) is 20.3 Å². The summed E-state index contributed by atoms with van der Waals surface area (Å²) in [4.78, 5) is 11.7. The first kappa shape index (κ1) is 17.4. The normalized spacial score (nSPS) is 10.0. The molecule has 0 saturated carbocycles. The number of rotatable bonds is 3. The molecule has 0 spiro atoms. The van der Waals surface area contributed by atoms with Gasteiger partial charge in [0.2, 0.25) is 0 Å². The van der Waals surface area contributed by atoms with Crippen LogP contribution in [0.3, 0.4) is 0 Å². The number of anilines is 2. The molecule has 3 N–H and O–H groups in total. The number of amides is 1. The Hall–Kier alpha value is -2.94. The van der Waals surface area contributed by atoms with E-state index in [4.69, 9.17) is 5.73 Å². The van der Waals surface area contributed by atoms with Crippen LogP contribution < -0.4 is 11.1 Å². The van der Waals surface area contributed by atoms with E-state index >= 15 is 0 Å². The summed E-state index contributed by atoms with van der Waals surface area (Å²) in [5.41, 5.74) is 4.92. The third kappa shape index (κ3) is 3.51. The van der Waals surface area contributed by atoms with Gasteiger partial charge in [-0.25, -0.2) is 13.2 Å². The molecule has 0 radical (unpaired) electrons. The van der Waals surface area contributed by atoms with Crippen molar-refractivity contribution >= 4 is 17.3 Å². The van der Waals surface area contributed by atoms with Gasteiger partial charge in [-0.05, 0) is 30.7 Å². The minimum Gasteiger partial charge on any atom is -0.365 e. The van der Waals surface area contributed by atoms with Gasteiger partial charge in [0.05, 0.1) is 16.9 Å². The molecule has 2 rings (SSSR count). The third-order valence-electron chi connectivity index (χ3n) is 3.25. The van der Waals surface area contributed by atoms with Gasteiger partial charge in [0.1, 0.15) is 5.82 Å². The number of nitrogens with two attached hydrogens (primary N) is 1. The van der Waals surface area contributed by atoms with Gasteiger partial charge < -0.3 is 11.1 Å².